The van der Waals surface area contributed by atoms with Gasteiger partial charge in [-0.25, -0.2) is 4.98 Å². The van der Waals surface area contributed by atoms with Gasteiger partial charge in [0.2, 0.25) is 5.91 Å². The van der Waals surface area contributed by atoms with E-state index in [2.05, 4.69) is 49.4 Å². The first-order valence-corrected chi connectivity index (χ1v) is 10.8. The summed E-state index contributed by atoms with van der Waals surface area (Å²) in [7, 11) is 0. The normalized spacial score (nSPS) is 15.4. The Morgan fingerprint density at radius 1 is 1.07 bits per heavy atom. The molecule has 4 rings (SSSR count). The lowest BCUT2D eigenvalue weighted by atomic mass is 9.97. The molecule has 2 heterocycles. The zero-order valence-corrected chi connectivity index (χ0v) is 16.7. The third kappa shape index (κ3) is 4.22. The summed E-state index contributed by atoms with van der Waals surface area (Å²) in [6.07, 6.45) is 4.55. The van der Waals surface area contributed by atoms with Gasteiger partial charge in [0.25, 0.3) is 0 Å². The molecule has 2 aromatic carbocycles. The average molecular weight is 379 g/mol. The summed E-state index contributed by atoms with van der Waals surface area (Å²) >= 11 is 1.81. The minimum Gasteiger partial charge on any atom is -0.343 e. The van der Waals surface area contributed by atoms with Crippen LogP contribution in [-0.2, 0) is 17.6 Å². The van der Waals surface area contributed by atoms with Gasteiger partial charge in [0.05, 0.1) is 15.2 Å². The van der Waals surface area contributed by atoms with E-state index in [0.29, 0.717) is 12.3 Å². The molecule has 4 heteroatoms. The number of carbonyl (C=O) groups excluding carboxylic acids is 1. The second-order valence-electron chi connectivity index (χ2n) is 7.34. The van der Waals surface area contributed by atoms with Gasteiger partial charge >= 0.3 is 0 Å². The topological polar surface area (TPSA) is 33.2 Å². The second-order valence-corrected chi connectivity index (χ2v) is 8.41. The number of hydrogen-bond acceptors (Lipinski definition) is 3. The van der Waals surface area contributed by atoms with Crippen LogP contribution in [0.2, 0.25) is 0 Å². The highest BCUT2D eigenvalue weighted by molar-refractivity contribution is 7.18. The first-order chi connectivity index (χ1) is 13.2. The Hall–Kier alpha value is -2.20. The number of amides is 1. The molecular weight excluding hydrogens is 352 g/mol. The summed E-state index contributed by atoms with van der Waals surface area (Å²) in [6.45, 7) is 3.87. The summed E-state index contributed by atoms with van der Waals surface area (Å²) < 4.78 is 1.26. The van der Waals surface area contributed by atoms with E-state index < -0.39 is 0 Å². The molecule has 27 heavy (non-hydrogen) atoms. The lowest BCUT2D eigenvalue weighted by Gasteiger charge is -2.31. The number of hydrogen-bond donors (Lipinski definition) is 0. The van der Waals surface area contributed by atoms with Crippen molar-refractivity contribution < 1.29 is 4.79 Å². The smallest absolute Gasteiger partial charge is 0.222 e. The van der Waals surface area contributed by atoms with Crippen molar-refractivity contribution in [3.05, 3.63) is 64.7 Å². The number of aryl methyl sites for hydroxylation is 2. The predicted molar refractivity (Wildman–Crippen MR) is 112 cm³/mol. The molecule has 0 spiro atoms. The zero-order valence-electron chi connectivity index (χ0n) is 15.9. The molecule has 0 saturated carbocycles. The minimum absolute atomic E-state index is 0.289. The molecule has 3 nitrogen and oxygen atoms in total. The van der Waals surface area contributed by atoms with Crippen molar-refractivity contribution in [2.75, 3.05) is 13.1 Å². The maximum atomic E-state index is 12.6. The highest BCUT2D eigenvalue weighted by Gasteiger charge is 2.25. The highest BCUT2D eigenvalue weighted by Crippen LogP contribution is 2.33. The van der Waals surface area contributed by atoms with Gasteiger partial charge in [0.1, 0.15) is 0 Å². The van der Waals surface area contributed by atoms with E-state index in [1.807, 2.05) is 22.3 Å². The van der Waals surface area contributed by atoms with Crippen molar-refractivity contribution in [1.29, 1.82) is 0 Å². The number of thiazole rings is 1. The maximum absolute atomic E-state index is 12.6. The SMILES string of the molecule is CCc1ccc(CCC(=O)N2CCC(c3nc4ccccc4s3)CC2)cc1. The fourth-order valence-electron chi connectivity index (χ4n) is 3.79. The third-order valence-corrected chi connectivity index (χ3v) is 6.76. The number of aromatic nitrogens is 1. The van der Waals surface area contributed by atoms with Crippen LogP contribution in [0.15, 0.2) is 48.5 Å². The zero-order chi connectivity index (χ0) is 18.6. The Balaban J connectivity index is 1.29. The van der Waals surface area contributed by atoms with Crippen molar-refractivity contribution in [3.63, 3.8) is 0 Å². The Bertz CT molecular complexity index is 875. The number of piperidine rings is 1. The van der Waals surface area contributed by atoms with Crippen molar-refractivity contribution >= 4 is 27.5 Å². The van der Waals surface area contributed by atoms with Crippen LogP contribution in [-0.4, -0.2) is 28.9 Å². The van der Waals surface area contributed by atoms with E-state index >= 15 is 0 Å². The quantitative estimate of drug-likeness (QED) is 0.611. The van der Waals surface area contributed by atoms with E-state index in [1.165, 1.54) is 20.8 Å². The number of para-hydroxylation sites is 1. The van der Waals surface area contributed by atoms with Crippen LogP contribution in [0.5, 0.6) is 0 Å². The molecule has 0 unspecified atom stereocenters. The number of benzene rings is 2. The van der Waals surface area contributed by atoms with Crippen LogP contribution in [0.25, 0.3) is 10.2 Å². The highest BCUT2D eigenvalue weighted by atomic mass is 32.1. The lowest BCUT2D eigenvalue weighted by molar-refractivity contribution is -0.132. The van der Waals surface area contributed by atoms with Crippen LogP contribution in [0.4, 0.5) is 0 Å². The monoisotopic (exact) mass is 378 g/mol. The molecule has 140 valence electrons. The first-order valence-electron chi connectivity index (χ1n) is 9.94. The fourth-order valence-corrected chi connectivity index (χ4v) is 4.93. The maximum Gasteiger partial charge on any atom is 0.222 e. The van der Waals surface area contributed by atoms with E-state index in [1.54, 1.807) is 0 Å². The van der Waals surface area contributed by atoms with Gasteiger partial charge in [0.15, 0.2) is 0 Å². The minimum atomic E-state index is 0.289. The molecule has 0 N–H and O–H groups in total. The third-order valence-electron chi connectivity index (χ3n) is 5.57. The summed E-state index contributed by atoms with van der Waals surface area (Å²) in [6, 6.07) is 17.0. The summed E-state index contributed by atoms with van der Waals surface area (Å²) in [5.74, 6) is 0.783. The number of carbonyl (C=O) groups is 1. The van der Waals surface area contributed by atoms with E-state index in [9.17, 15) is 4.79 Å². The Morgan fingerprint density at radius 2 is 1.78 bits per heavy atom. The standard InChI is InChI=1S/C23H26N2OS/c1-2-17-7-9-18(10-8-17)11-12-22(26)25-15-13-19(14-16-25)23-24-20-5-3-4-6-21(20)27-23/h3-10,19H,2,11-16H2,1H3. The summed E-state index contributed by atoms with van der Waals surface area (Å²) in [4.78, 5) is 19.4. The number of fused-ring (bicyclic) bond motifs is 1. The summed E-state index contributed by atoms with van der Waals surface area (Å²) in [5.41, 5.74) is 3.71. The lowest BCUT2D eigenvalue weighted by Crippen LogP contribution is -2.38. The second kappa shape index (κ2) is 8.22. The Labute approximate surface area is 165 Å². The van der Waals surface area contributed by atoms with Crippen LogP contribution in [0.1, 0.15) is 48.2 Å². The predicted octanol–water partition coefficient (Wildman–Crippen LogP) is 5.20. The molecule has 0 radical (unpaired) electrons. The van der Waals surface area contributed by atoms with Gasteiger partial charge in [-0.15, -0.1) is 11.3 Å². The molecule has 0 bridgehead atoms. The Kier molecular flexibility index (Phi) is 5.53. The Morgan fingerprint density at radius 3 is 2.48 bits per heavy atom. The van der Waals surface area contributed by atoms with Gasteiger partial charge in [-0.1, -0.05) is 43.3 Å². The van der Waals surface area contributed by atoms with Crippen molar-refractivity contribution in [3.8, 4) is 0 Å². The van der Waals surface area contributed by atoms with Gasteiger partial charge < -0.3 is 4.90 Å². The van der Waals surface area contributed by atoms with Gasteiger partial charge in [0, 0.05) is 25.4 Å². The van der Waals surface area contributed by atoms with E-state index in [4.69, 9.17) is 4.98 Å². The van der Waals surface area contributed by atoms with Gasteiger partial charge in [-0.3, -0.25) is 4.79 Å². The van der Waals surface area contributed by atoms with Crippen molar-refractivity contribution in [2.45, 2.75) is 44.9 Å². The van der Waals surface area contributed by atoms with E-state index in [-0.39, 0.29) is 5.91 Å². The molecule has 1 aliphatic rings. The molecule has 1 aliphatic heterocycles. The number of nitrogens with zero attached hydrogens (tertiary/aromatic N) is 2. The van der Waals surface area contributed by atoms with Gasteiger partial charge in [-0.2, -0.15) is 0 Å². The van der Waals surface area contributed by atoms with Crippen LogP contribution in [0.3, 0.4) is 0 Å². The molecular formula is C23H26N2OS. The molecule has 1 amide bonds. The number of likely N-dealkylation sites (tertiary alicyclic amines) is 1. The number of rotatable bonds is 5. The summed E-state index contributed by atoms with van der Waals surface area (Å²) in [5, 5.41) is 1.24. The van der Waals surface area contributed by atoms with Gasteiger partial charge in [-0.05, 0) is 48.9 Å². The molecule has 1 saturated heterocycles. The molecule has 3 aromatic rings. The van der Waals surface area contributed by atoms with Crippen LogP contribution >= 0.6 is 11.3 Å². The first kappa shape index (κ1) is 18.2. The molecule has 1 aromatic heterocycles. The van der Waals surface area contributed by atoms with E-state index in [0.717, 1.165) is 44.3 Å². The molecule has 0 atom stereocenters. The fraction of sp³-hybridized carbons (Fsp3) is 0.391. The largest absolute Gasteiger partial charge is 0.343 e. The van der Waals surface area contributed by atoms with Crippen molar-refractivity contribution in [1.82, 2.24) is 9.88 Å². The van der Waals surface area contributed by atoms with Crippen LogP contribution in [0, 0.1) is 0 Å². The molecule has 0 aliphatic carbocycles. The van der Waals surface area contributed by atoms with Crippen molar-refractivity contribution in [2.24, 2.45) is 0 Å². The average Bonchev–Trinajstić information content (AvgIpc) is 3.17. The van der Waals surface area contributed by atoms with Crippen LogP contribution < -0.4 is 0 Å². The molecule has 1 fully saturated rings.